The van der Waals surface area contributed by atoms with Crippen LogP contribution in [-0.4, -0.2) is 81.8 Å². The van der Waals surface area contributed by atoms with E-state index in [2.05, 4.69) is 28.1 Å². The SMILES string of the molecule is Cl.O=C(c1cc(-c2cc3c(cc2C(=O)N2Cc4ccccc4C[C@H]2CCN2CCOCC2)OCO3)n2cccnc12)N(c1ccccc1)c1ccc(O)cc1. The molecule has 1 fully saturated rings. The van der Waals surface area contributed by atoms with Gasteiger partial charge in [-0.05, 0) is 84.6 Å². The van der Waals surface area contributed by atoms with Crippen LogP contribution in [0, 0.1) is 0 Å². The van der Waals surface area contributed by atoms with Crippen LogP contribution in [0.3, 0.4) is 0 Å². The largest absolute Gasteiger partial charge is 0.508 e. The number of hydrogen-bond acceptors (Lipinski definition) is 8. The number of halogens is 1. The third kappa shape index (κ3) is 6.98. The predicted octanol–water partition coefficient (Wildman–Crippen LogP) is 7.13. The fourth-order valence-corrected chi connectivity index (χ4v) is 7.81. The van der Waals surface area contributed by atoms with Crippen LogP contribution >= 0.6 is 12.4 Å². The Morgan fingerprint density at radius 3 is 2.31 bits per heavy atom. The Morgan fingerprint density at radius 1 is 0.818 bits per heavy atom. The molecule has 2 amide bonds. The van der Waals surface area contributed by atoms with E-state index in [9.17, 15) is 9.90 Å². The number of rotatable bonds is 8. The first-order valence-corrected chi connectivity index (χ1v) is 18.3. The Kier molecular flexibility index (Phi) is 10.2. The van der Waals surface area contributed by atoms with Gasteiger partial charge in [0.1, 0.15) is 11.4 Å². The molecule has 1 atom stereocenters. The molecule has 11 nitrogen and oxygen atoms in total. The summed E-state index contributed by atoms with van der Waals surface area (Å²) in [5, 5.41) is 10.0. The van der Waals surface area contributed by atoms with Crippen molar-refractivity contribution in [1.29, 1.82) is 0 Å². The van der Waals surface area contributed by atoms with Crippen molar-refractivity contribution < 1.29 is 28.9 Å². The number of fused-ring (bicyclic) bond motifs is 3. The number of amides is 2. The van der Waals surface area contributed by atoms with Crippen LogP contribution in [-0.2, 0) is 17.7 Å². The number of anilines is 2. The Labute approximate surface area is 324 Å². The maximum Gasteiger partial charge on any atom is 0.266 e. The van der Waals surface area contributed by atoms with Gasteiger partial charge in [-0.25, -0.2) is 4.98 Å². The summed E-state index contributed by atoms with van der Waals surface area (Å²) in [7, 11) is 0. The van der Waals surface area contributed by atoms with Crippen molar-refractivity contribution in [2.75, 3.05) is 44.5 Å². The lowest BCUT2D eigenvalue weighted by atomic mass is 9.90. The quantitative estimate of drug-likeness (QED) is 0.175. The van der Waals surface area contributed by atoms with Gasteiger partial charge in [-0.2, -0.15) is 0 Å². The van der Waals surface area contributed by atoms with Gasteiger partial charge in [0, 0.05) is 61.6 Å². The van der Waals surface area contributed by atoms with Gasteiger partial charge in [0.05, 0.1) is 30.0 Å². The molecular weight excluding hydrogens is 718 g/mol. The molecule has 3 aliphatic heterocycles. The number of nitrogens with zero attached hydrogens (tertiary/aromatic N) is 5. The van der Waals surface area contributed by atoms with Gasteiger partial charge >= 0.3 is 0 Å². The van der Waals surface area contributed by atoms with E-state index < -0.39 is 0 Å². The van der Waals surface area contributed by atoms with Crippen molar-refractivity contribution in [1.82, 2.24) is 19.2 Å². The molecule has 0 radical (unpaired) electrons. The van der Waals surface area contributed by atoms with Crippen molar-refractivity contribution in [2.24, 2.45) is 0 Å². The number of hydrogen-bond donors (Lipinski definition) is 1. The molecule has 0 aliphatic carbocycles. The van der Waals surface area contributed by atoms with E-state index in [-0.39, 0.29) is 42.8 Å². The minimum absolute atomic E-state index is 0. The molecule has 0 spiro atoms. The van der Waals surface area contributed by atoms with Crippen molar-refractivity contribution in [2.45, 2.75) is 25.4 Å². The molecule has 55 heavy (non-hydrogen) atoms. The smallest absolute Gasteiger partial charge is 0.266 e. The zero-order valence-corrected chi connectivity index (χ0v) is 30.9. The van der Waals surface area contributed by atoms with Crippen molar-refractivity contribution in [3.05, 3.63) is 138 Å². The first-order chi connectivity index (χ1) is 26.5. The number of phenolic OH excluding ortho intramolecular Hbond substituents is 1. The minimum Gasteiger partial charge on any atom is -0.508 e. The zero-order chi connectivity index (χ0) is 36.6. The first kappa shape index (κ1) is 36.1. The predicted molar refractivity (Wildman–Crippen MR) is 211 cm³/mol. The van der Waals surface area contributed by atoms with Crippen LogP contribution < -0.4 is 14.4 Å². The molecule has 2 aromatic heterocycles. The second kappa shape index (κ2) is 15.5. The van der Waals surface area contributed by atoms with Crippen LogP contribution in [0.4, 0.5) is 11.4 Å². The fourth-order valence-electron chi connectivity index (χ4n) is 7.81. The number of ether oxygens (including phenoxy) is 3. The molecule has 5 heterocycles. The third-order valence-electron chi connectivity index (χ3n) is 10.6. The van der Waals surface area contributed by atoms with Crippen molar-refractivity contribution in [3.63, 3.8) is 0 Å². The monoisotopic (exact) mass is 757 g/mol. The first-order valence-electron chi connectivity index (χ1n) is 18.3. The molecule has 1 saturated heterocycles. The molecule has 6 aromatic rings. The second-order valence-electron chi connectivity index (χ2n) is 13.8. The van der Waals surface area contributed by atoms with Gasteiger partial charge in [0.2, 0.25) is 6.79 Å². The molecule has 4 aromatic carbocycles. The average molecular weight is 758 g/mol. The number of aromatic nitrogens is 2. The van der Waals surface area contributed by atoms with Gasteiger partial charge in [0.15, 0.2) is 11.5 Å². The molecule has 9 rings (SSSR count). The number of carbonyl (C=O) groups excluding carboxylic acids is 2. The number of carbonyl (C=O) groups is 2. The van der Waals surface area contributed by atoms with Gasteiger partial charge < -0.3 is 28.6 Å². The van der Waals surface area contributed by atoms with E-state index in [1.165, 1.54) is 5.56 Å². The maximum atomic E-state index is 15.1. The Bertz CT molecular complexity index is 2340. The number of phenols is 1. The summed E-state index contributed by atoms with van der Waals surface area (Å²) < 4.78 is 19.1. The van der Waals surface area contributed by atoms with E-state index in [1.54, 1.807) is 53.6 Å². The van der Waals surface area contributed by atoms with E-state index in [1.807, 2.05) is 58.0 Å². The van der Waals surface area contributed by atoms with Crippen LogP contribution in [0.5, 0.6) is 17.2 Å². The number of aromatic hydroxyl groups is 1. The van der Waals surface area contributed by atoms with Gasteiger partial charge in [0.25, 0.3) is 11.8 Å². The highest BCUT2D eigenvalue weighted by atomic mass is 35.5. The lowest BCUT2D eigenvalue weighted by Crippen LogP contribution is -2.47. The lowest BCUT2D eigenvalue weighted by Gasteiger charge is -2.39. The van der Waals surface area contributed by atoms with E-state index in [0.29, 0.717) is 57.5 Å². The highest BCUT2D eigenvalue weighted by Gasteiger charge is 2.34. The number of benzene rings is 4. The van der Waals surface area contributed by atoms with Gasteiger partial charge in [-0.15, -0.1) is 12.4 Å². The molecular formula is C43H40ClN5O6. The fraction of sp³-hybridized carbons (Fsp3) is 0.233. The zero-order valence-electron chi connectivity index (χ0n) is 30.0. The Hall–Kier alpha value is -5.88. The standard InChI is InChI=1S/C43H39N5O6.ClH/c49-34-13-11-32(12-14-34)48(31-9-2-1-3-10-31)43(51)37-24-38(46-17-6-16-44-41(37)46)35-25-39-40(54-28-53-39)26-36(35)42(50)47-27-30-8-5-4-7-29(30)23-33(47)15-18-45-19-21-52-22-20-45;/h1-14,16-17,24-26,33,49H,15,18-23,27-28H2;1H/t33-;/m1./s1. The summed E-state index contributed by atoms with van der Waals surface area (Å²) in [6, 6.07) is 31.4. The van der Waals surface area contributed by atoms with Gasteiger partial charge in [-0.3, -0.25) is 19.4 Å². The maximum absolute atomic E-state index is 15.1. The minimum atomic E-state index is -0.321. The molecule has 280 valence electrons. The normalized spacial score (nSPS) is 16.4. The highest BCUT2D eigenvalue weighted by Crippen LogP contribution is 2.42. The van der Waals surface area contributed by atoms with Crippen LogP contribution in [0.2, 0.25) is 0 Å². The Balaban J connectivity index is 0.00000427. The van der Waals surface area contributed by atoms with Gasteiger partial charge in [-0.1, -0.05) is 42.5 Å². The number of para-hydroxylation sites is 1. The molecule has 3 aliphatic rings. The van der Waals surface area contributed by atoms with Crippen LogP contribution in [0.1, 0.15) is 38.3 Å². The summed E-state index contributed by atoms with van der Waals surface area (Å²) in [5.41, 5.74) is 6.08. The summed E-state index contributed by atoms with van der Waals surface area (Å²) >= 11 is 0. The summed E-state index contributed by atoms with van der Waals surface area (Å²) in [6.45, 7) is 4.61. The average Bonchev–Trinajstić information content (AvgIpc) is 3.85. The van der Waals surface area contributed by atoms with Crippen molar-refractivity contribution in [3.8, 4) is 28.5 Å². The topological polar surface area (TPSA) is 109 Å². The molecule has 0 bridgehead atoms. The van der Waals surface area contributed by atoms with Crippen LogP contribution in [0.25, 0.3) is 16.9 Å². The molecule has 0 unspecified atom stereocenters. The van der Waals surface area contributed by atoms with E-state index in [4.69, 9.17) is 14.2 Å². The second-order valence-corrected chi connectivity index (χ2v) is 13.8. The highest BCUT2D eigenvalue weighted by molar-refractivity contribution is 6.15. The molecule has 0 saturated carbocycles. The number of morpholine rings is 1. The van der Waals surface area contributed by atoms with E-state index in [0.717, 1.165) is 51.3 Å². The summed E-state index contributed by atoms with van der Waals surface area (Å²) in [6.07, 6.45) is 5.08. The summed E-state index contributed by atoms with van der Waals surface area (Å²) in [5.74, 6) is 0.682. The Morgan fingerprint density at radius 2 is 1.53 bits per heavy atom. The van der Waals surface area contributed by atoms with Crippen molar-refractivity contribution >= 4 is 41.2 Å². The molecule has 1 N–H and O–H groups in total. The van der Waals surface area contributed by atoms with Crippen LogP contribution in [0.15, 0.2) is 116 Å². The lowest BCUT2D eigenvalue weighted by molar-refractivity contribution is 0.0308. The molecule has 12 heteroatoms. The van der Waals surface area contributed by atoms with E-state index >= 15 is 4.79 Å². The third-order valence-corrected chi connectivity index (χ3v) is 10.6. The summed E-state index contributed by atoms with van der Waals surface area (Å²) in [4.78, 5) is 40.6.